The highest BCUT2D eigenvalue weighted by Crippen LogP contribution is 2.36. The lowest BCUT2D eigenvalue weighted by atomic mass is 10.00. The molecule has 0 saturated heterocycles. The quantitative estimate of drug-likeness (QED) is 0.383. The van der Waals surface area contributed by atoms with E-state index in [1.54, 1.807) is 18.2 Å². The molecule has 1 saturated carbocycles. The molecular weight excluding hydrogens is 478 g/mol. The van der Waals surface area contributed by atoms with Gasteiger partial charge in [0.15, 0.2) is 5.69 Å². The molecule has 6 N–H and O–H groups in total. The Balaban J connectivity index is 1.88. The summed E-state index contributed by atoms with van der Waals surface area (Å²) in [5, 5.41) is 13.0. The van der Waals surface area contributed by atoms with Gasteiger partial charge in [-0.15, -0.1) is 0 Å². The number of primary amides is 1. The van der Waals surface area contributed by atoms with Crippen molar-refractivity contribution in [2.24, 2.45) is 5.73 Å². The Morgan fingerprint density at radius 2 is 1.78 bits per heavy atom. The van der Waals surface area contributed by atoms with Gasteiger partial charge < -0.3 is 21.9 Å². The van der Waals surface area contributed by atoms with E-state index in [1.807, 2.05) is 26.0 Å². The summed E-state index contributed by atoms with van der Waals surface area (Å²) < 4.78 is 3.98. The second-order valence-corrected chi connectivity index (χ2v) is 9.86. The van der Waals surface area contributed by atoms with Crippen molar-refractivity contribution in [3.05, 3.63) is 69.7 Å². The predicted molar refractivity (Wildman–Crippen MR) is 139 cm³/mol. The molecule has 4 rings (SSSR count). The maximum absolute atomic E-state index is 14.1. The summed E-state index contributed by atoms with van der Waals surface area (Å²) in [7, 11) is 0. The van der Waals surface area contributed by atoms with Crippen molar-refractivity contribution in [3.63, 3.8) is 0 Å². The molecule has 0 spiro atoms. The Morgan fingerprint density at radius 1 is 1.11 bits per heavy atom. The third kappa shape index (κ3) is 5.03. The number of rotatable bonds is 7. The fourth-order valence-electron chi connectivity index (χ4n) is 4.60. The Kier molecular flexibility index (Phi) is 7.25. The summed E-state index contributed by atoms with van der Waals surface area (Å²) in [5.74, 6) is -1.73. The van der Waals surface area contributed by atoms with E-state index in [9.17, 15) is 19.5 Å². The fourth-order valence-corrected chi connectivity index (χ4v) is 5.35. The van der Waals surface area contributed by atoms with Gasteiger partial charge in [-0.2, -0.15) is 4.37 Å². The van der Waals surface area contributed by atoms with Crippen LogP contribution in [0.15, 0.2) is 42.5 Å². The van der Waals surface area contributed by atoms with Crippen LogP contribution in [0, 0.1) is 13.8 Å². The average molecular weight is 508 g/mol. The zero-order chi connectivity index (χ0) is 26.0. The first kappa shape index (κ1) is 25.2. The molecule has 0 aliphatic heterocycles. The van der Waals surface area contributed by atoms with Gasteiger partial charge in [-0.05, 0) is 67.5 Å². The van der Waals surface area contributed by atoms with Crippen molar-refractivity contribution in [2.75, 3.05) is 10.6 Å². The third-order valence-corrected chi connectivity index (χ3v) is 7.25. The molecule has 1 aliphatic rings. The van der Waals surface area contributed by atoms with Gasteiger partial charge in [-0.3, -0.25) is 19.3 Å². The van der Waals surface area contributed by atoms with Crippen LogP contribution < -0.4 is 21.7 Å². The second kappa shape index (κ2) is 10.4. The van der Waals surface area contributed by atoms with Crippen molar-refractivity contribution in [3.8, 4) is 5.75 Å². The molecule has 0 radical (unpaired) electrons. The minimum atomic E-state index is -1.07. The SMILES string of the molecule is Cc1ccc(N(C(=O)c2snc(C(N)=O)c2N)C(C(=O)NC2CCCC2)c2ccc(O)cc2)c(C)c1. The van der Waals surface area contributed by atoms with Gasteiger partial charge >= 0.3 is 0 Å². The van der Waals surface area contributed by atoms with Gasteiger partial charge in [0.2, 0.25) is 5.91 Å². The number of nitrogens with zero attached hydrogens (tertiary/aromatic N) is 2. The predicted octanol–water partition coefficient (Wildman–Crippen LogP) is 3.59. The highest BCUT2D eigenvalue weighted by molar-refractivity contribution is 7.09. The third-order valence-electron chi connectivity index (χ3n) is 6.40. The monoisotopic (exact) mass is 507 g/mol. The van der Waals surface area contributed by atoms with Gasteiger partial charge in [0.05, 0.1) is 5.69 Å². The smallest absolute Gasteiger partial charge is 0.273 e. The standard InChI is InChI=1S/C26H29N5O4S/c1-14-7-12-19(15(2)13-14)31(26(35)23-20(27)21(24(28)33)30-36-23)22(16-8-10-18(32)11-9-16)25(34)29-17-5-3-4-6-17/h7-13,17,22,32H,3-6,27H2,1-2H3,(H2,28,33)(H,29,34). The zero-order valence-electron chi connectivity index (χ0n) is 20.2. The number of phenolic OH excluding ortho intramolecular Hbond substituents is 1. The van der Waals surface area contributed by atoms with Crippen LogP contribution >= 0.6 is 11.5 Å². The van der Waals surface area contributed by atoms with E-state index < -0.39 is 17.9 Å². The van der Waals surface area contributed by atoms with E-state index in [4.69, 9.17) is 11.5 Å². The first-order valence-corrected chi connectivity index (χ1v) is 12.5. The zero-order valence-corrected chi connectivity index (χ0v) is 21.0. The van der Waals surface area contributed by atoms with Crippen molar-refractivity contribution in [1.29, 1.82) is 0 Å². The van der Waals surface area contributed by atoms with Crippen LogP contribution in [-0.2, 0) is 4.79 Å². The van der Waals surface area contributed by atoms with Crippen LogP contribution in [0.5, 0.6) is 5.75 Å². The number of nitrogens with one attached hydrogen (secondary N) is 1. The van der Waals surface area contributed by atoms with E-state index in [0.717, 1.165) is 48.3 Å². The van der Waals surface area contributed by atoms with Crippen molar-refractivity contribution in [2.45, 2.75) is 51.6 Å². The minimum Gasteiger partial charge on any atom is -0.508 e. The van der Waals surface area contributed by atoms with Crippen LogP contribution in [-0.4, -0.2) is 33.2 Å². The Labute approximate surface area is 213 Å². The normalized spacial score (nSPS) is 14.4. The fraction of sp³-hybridized carbons (Fsp3) is 0.308. The van der Waals surface area contributed by atoms with Gasteiger partial charge in [0.1, 0.15) is 16.7 Å². The number of hydrogen-bond donors (Lipinski definition) is 4. The molecule has 2 aromatic carbocycles. The number of amides is 3. The minimum absolute atomic E-state index is 0.0150. The molecular formula is C26H29N5O4S. The molecule has 1 fully saturated rings. The van der Waals surface area contributed by atoms with Gasteiger partial charge in [-0.25, -0.2) is 0 Å². The molecule has 1 unspecified atom stereocenters. The molecule has 0 bridgehead atoms. The lowest BCUT2D eigenvalue weighted by Crippen LogP contribution is -2.46. The van der Waals surface area contributed by atoms with Crippen LogP contribution in [0.4, 0.5) is 11.4 Å². The molecule has 3 amide bonds. The number of phenols is 1. The highest BCUT2D eigenvalue weighted by Gasteiger charge is 2.37. The van der Waals surface area contributed by atoms with Gasteiger partial charge in [-0.1, -0.05) is 42.7 Å². The van der Waals surface area contributed by atoms with E-state index in [-0.39, 0.29) is 34.0 Å². The molecule has 3 aromatic rings. The van der Waals surface area contributed by atoms with E-state index in [0.29, 0.717) is 11.3 Å². The number of aromatic nitrogens is 1. The second-order valence-electron chi connectivity index (χ2n) is 9.09. The summed E-state index contributed by atoms with van der Waals surface area (Å²) in [4.78, 5) is 41.1. The number of nitrogen functional groups attached to an aromatic ring is 1. The maximum Gasteiger partial charge on any atom is 0.273 e. The Morgan fingerprint density at radius 3 is 2.36 bits per heavy atom. The van der Waals surface area contributed by atoms with Gasteiger partial charge in [0, 0.05) is 11.7 Å². The number of aryl methyl sites for hydroxylation is 2. The van der Waals surface area contributed by atoms with Crippen molar-refractivity contribution >= 4 is 40.6 Å². The lowest BCUT2D eigenvalue weighted by Gasteiger charge is -2.33. The summed E-state index contributed by atoms with van der Waals surface area (Å²) in [5.41, 5.74) is 14.0. The van der Waals surface area contributed by atoms with Crippen LogP contribution in [0.3, 0.4) is 0 Å². The molecule has 9 nitrogen and oxygen atoms in total. The molecule has 1 aromatic heterocycles. The summed E-state index contributed by atoms with van der Waals surface area (Å²) in [6, 6.07) is 10.7. The van der Waals surface area contributed by atoms with Crippen molar-refractivity contribution < 1.29 is 19.5 Å². The number of carbonyl (C=O) groups is 3. The molecule has 1 aliphatic carbocycles. The number of hydrogen-bond acceptors (Lipinski definition) is 7. The number of benzene rings is 2. The Hall–Kier alpha value is -3.92. The van der Waals surface area contributed by atoms with E-state index in [2.05, 4.69) is 9.69 Å². The van der Waals surface area contributed by atoms with Gasteiger partial charge in [0.25, 0.3) is 11.8 Å². The lowest BCUT2D eigenvalue weighted by molar-refractivity contribution is -0.123. The summed E-state index contributed by atoms with van der Waals surface area (Å²) in [6.07, 6.45) is 3.80. The summed E-state index contributed by atoms with van der Waals surface area (Å²) in [6.45, 7) is 3.80. The number of anilines is 2. The molecule has 188 valence electrons. The largest absolute Gasteiger partial charge is 0.508 e. The number of aromatic hydroxyl groups is 1. The topological polar surface area (TPSA) is 152 Å². The van der Waals surface area contributed by atoms with Crippen LogP contribution in [0.2, 0.25) is 0 Å². The molecule has 1 atom stereocenters. The average Bonchev–Trinajstić information content (AvgIpc) is 3.48. The highest BCUT2D eigenvalue weighted by atomic mass is 32.1. The van der Waals surface area contributed by atoms with Crippen molar-refractivity contribution in [1.82, 2.24) is 9.69 Å². The van der Waals surface area contributed by atoms with Crippen LogP contribution in [0.25, 0.3) is 0 Å². The van der Waals surface area contributed by atoms with E-state index >= 15 is 0 Å². The van der Waals surface area contributed by atoms with E-state index in [1.165, 1.54) is 17.0 Å². The molecule has 10 heteroatoms. The summed E-state index contributed by atoms with van der Waals surface area (Å²) >= 11 is 0.766. The maximum atomic E-state index is 14.1. The number of carbonyl (C=O) groups excluding carboxylic acids is 3. The van der Waals surface area contributed by atoms with Crippen LogP contribution in [0.1, 0.15) is 68.6 Å². The molecule has 36 heavy (non-hydrogen) atoms. The Bertz CT molecular complexity index is 1300. The first-order valence-electron chi connectivity index (χ1n) is 11.7. The first-order chi connectivity index (χ1) is 17.2. The molecule has 1 heterocycles. The number of nitrogens with two attached hydrogens (primary N) is 2.